The van der Waals surface area contributed by atoms with E-state index in [1.807, 2.05) is 31.8 Å². The smallest absolute Gasteiger partial charge is 0.166 e. The molecule has 0 aliphatic carbocycles. The Balaban J connectivity index is 2.18. The summed E-state index contributed by atoms with van der Waals surface area (Å²) in [5.41, 5.74) is -0.314. The third kappa shape index (κ3) is 4.95. The zero-order valence-electron chi connectivity index (χ0n) is 15.9. The molecule has 2 atom stereocenters. The maximum absolute atomic E-state index is 12.8. The lowest BCUT2D eigenvalue weighted by atomic mass is 9.87. The maximum atomic E-state index is 12.8. The molecule has 0 saturated carbocycles. The summed E-state index contributed by atoms with van der Waals surface area (Å²) < 4.78 is 1.87. The summed E-state index contributed by atoms with van der Waals surface area (Å²) >= 11 is 0. The second-order valence-electron chi connectivity index (χ2n) is 7.53. The van der Waals surface area contributed by atoms with Crippen molar-refractivity contribution in [1.82, 2.24) is 25.6 Å². The SMILES string of the molecule is CN[C@@]1(C)CCCc2cn(nn2)CCCC[C@@](C)(C(C)=O)NCC1=O. The molecule has 25 heavy (non-hydrogen) atoms. The van der Waals surface area contributed by atoms with Gasteiger partial charge in [0.15, 0.2) is 5.78 Å². The van der Waals surface area contributed by atoms with Gasteiger partial charge in [0.1, 0.15) is 5.78 Å². The van der Waals surface area contributed by atoms with Gasteiger partial charge in [0.2, 0.25) is 0 Å². The van der Waals surface area contributed by atoms with Crippen molar-refractivity contribution in [2.75, 3.05) is 13.6 Å². The molecule has 7 heteroatoms. The van der Waals surface area contributed by atoms with Crippen LogP contribution in [0.5, 0.6) is 0 Å². The fourth-order valence-electron chi connectivity index (χ4n) is 3.20. The van der Waals surface area contributed by atoms with Gasteiger partial charge in [-0.05, 0) is 66.3 Å². The first-order valence-electron chi connectivity index (χ1n) is 9.16. The average Bonchev–Trinajstić information content (AvgIpc) is 3.03. The minimum absolute atomic E-state index is 0.0684. The summed E-state index contributed by atoms with van der Waals surface area (Å²) in [5.74, 6) is 0.153. The normalized spacial score (nSPS) is 29.7. The lowest BCUT2D eigenvalue weighted by Crippen LogP contribution is -2.56. The van der Waals surface area contributed by atoms with E-state index >= 15 is 0 Å². The van der Waals surface area contributed by atoms with Gasteiger partial charge < -0.3 is 5.32 Å². The van der Waals surface area contributed by atoms with Gasteiger partial charge in [-0.2, -0.15) is 0 Å². The zero-order chi connectivity index (χ0) is 18.5. The van der Waals surface area contributed by atoms with Crippen LogP contribution in [0.15, 0.2) is 6.20 Å². The highest BCUT2D eigenvalue weighted by molar-refractivity contribution is 5.91. The number of fused-ring (bicyclic) bond motifs is 2. The minimum atomic E-state index is -0.669. The standard InChI is InChI=1S/C18H31N5O2/c1-14(24)17(2)9-5-6-11-23-13-15(21-22-23)8-7-10-18(3,19-4)16(25)12-20-17/h13,19-20H,5-12H2,1-4H3/t17-,18-/m0/s1. The van der Waals surface area contributed by atoms with Gasteiger partial charge in [0, 0.05) is 12.7 Å². The summed E-state index contributed by atoms with van der Waals surface area (Å²) in [7, 11) is 1.81. The Morgan fingerprint density at radius 1 is 1.28 bits per heavy atom. The second kappa shape index (κ2) is 8.19. The Hall–Kier alpha value is -1.60. The highest BCUT2D eigenvalue weighted by Gasteiger charge is 2.34. The number of aromatic nitrogens is 3. The monoisotopic (exact) mass is 349 g/mol. The van der Waals surface area contributed by atoms with E-state index in [0.717, 1.165) is 37.9 Å². The Bertz CT molecular complexity index is 614. The molecule has 2 rings (SSSR count). The number of ketones is 2. The van der Waals surface area contributed by atoms with Crippen molar-refractivity contribution in [3.63, 3.8) is 0 Å². The van der Waals surface area contributed by atoms with Crippen LogP contribution < -0.4 is 10.6 Å². The number of hydrogen-bond acceptors (Lipinski definition) is 6. The summed E-state index contributed by atoms with van der Waals surface area (Å²) in [6.45, 7) is 6.41. The zero-order valence-corrected chi connectivity index (χ0v) is 15.9. The predicted molar refractivity (Wildman–Crippen MR) is 96.4 cm³/mol. The second-order valence-corrected chi connectivity index (χ2v) is 7.53. The van der Waals surface area contributed by atoms with Gasteiger partial charge >= 0.3 is 0 Å². The first-order chi connectivity index (χ1) is 11.8. The number of rotatable bonds is 2. The lowest BCUT2D eigenvalue weighted by molar-refractivity contribution is -0.126. The topological polar surface area (TPSA) is 88.9 Å². The molecular weight excluding hydrogens is 318 g/mol. The van der Waals surface area contributed by atoms with Gasteiger partial charge in [0.05, 0.1) is 23.3 Å². The molecule has 1 aromatic rings. The fourth-order valence-corrected chi connectivity index (χ4v) is 3.20. The van der Waals surface area contributed by atoms with E-state index in [4.69, 9.17) is 0 Å². The number of Topliss-reactive ketones (excluding diaryl/α,β-unsaturated/α-hetero) is 2. The fraction of sp³-hybridized carbons (Fsp3) is 0.778. The Kier molecular flexibility index (Phi) is 6.46. The molecule has 1 aromatic heterocycles. The minimum Gasteiger partial charge on any atom is -0.308 e. The number of aryl methyl sites for hydroxylation is 2. The van der Waals surface area contributed by atoms with Crippen molar-refractivity contribution in [3.05, 3.63) is 11.9 Å². The molecule has 0 fully saturated rings. The highest BCUT2D eigenvalue weighted by atomic mass is 16.1. The number of hydrogen-bond donors (Lipinski definition) is 2. The van der Waals surface area contributed by atoms with Crippen LogP contribution in [-0.2, 0) is 22.6 Å². The van der Waals surface area contributed by atoms with E-state index < -0.39 is 11.1 Å². The van der Waals surface area contributed by atoms with E-state index in [9.17, 15) is 9.59 Å². The van der Waals surface area contributed by atoms with E-state index in [-0.39, 0.29) is 18.1 Å². The van der Waals surface area contributed by atoms with Crippen LogP contribution in [-0.4, -0.2) is 51.2 Å². The molecule has 140 valence electrons. The molecule has 0 aromatic carbocycles. The van der Waals surface area contributed by atoms with Crippen LogP contribution in [0.4, 0.5) is 0 Å². The van der Waals surface area contributed by atoms with E-state index in [2.05, 4.69) is 20.9 Å². The number of carbonyl (C=O) groups excluding carboxylic acids is 2. The Morgan fingerprint density at radius 2 is 2.04 bits per heavy atom. The Morgan fingerprint density at radius 3 is 2.72 bits per heavy atom. The largest absolute Gasteiger partial charge is 0.308 e. The van der Waals surface area contributed by atoms with Gasteiger partial charge in [-0.3, -0.25) is 19.6 Å². The molecule has 0 amide bonds. The third-order valence-electron chi connectivity index (χ3n) is 5.59. The first kappa shape index (κ1) is 19.7. The van der Waals surface area contributed by atoms with Crippen molar-refractivity contribution >= 4 is 11.6 Å². The molecule has 0 radical (unpaired) electrons. The molecule has 0 spiro atoms. The molecule has 7 nitrogen and oxygen atoms in total. The number of nitrogens with one attached hydrogen (secondary N) is 2. The van der Waals surface area contributed by atoms with E-state index in [0.29, 0.717) is 12.8 Å². The molecule has 0 saturated heterocycles. The van der Waals surface area contributed by atoms with Crippen LogP contribution in [0.1, 0.15) is 58.6 Å². The quantitative estimate of drug-likeness (QED) is 0.836. The summed E-state index contributed by atoms with van der Waals surface area (Å²) in [6, 6.07) is 0. The molecule has 2 bridgehead atoms. The predicted octanol–water partition coefficient (Wildman–Crippen LogP) is 1.27. The molecule has 2 N–H and O–H groups in total. The summed E-state index contributed by atoms with van der Waals surface area (Å²) in [6.07, 6.45) is 6.88. The van der Waals surface area contributed by atoms with Crippen LogP contribution in [0.2, 0.25) is 0 Å². The van der Waals surface area contributed by atoms with Crippen LogP contribution >= 0.6 is 0 Å². The molecule has 0 unspecified atom stereocenters. The molecule has 2 heterocycles. The Labute approximate surface area is 149 Å². The summed E-state index contributed by atoms with van der Waals surface area (Å²) in [5, 5.41) is 14.8. The number of likely N-dealkylation sites (N-methyl/N-ethyl adjacent to an activating group) is 1. The van der Waals surface area contributed by atoms with Gasteiger partial charge in [-0.15, -0.1) is 5.10 Å². The first-order valence-corrected chi connectivity index (χ1v) is 9.16. The van der Waals surface area contributed by atoms with Crippen LogP contribution in [0.3, 0.4) is 0 Å². The molecule has 1 aliphatic heterocycles. The van der Waals surface area contributed by atoms with Crippen molar-refractivity contribution in [2.45, 2.75) is 76.9 Å². The maximum Gasteiger partial charge on any atom is 0.166 e. The van der Waals surface area contributed by atoms with Gasteiger partial charge in [-0.1, -0.05) is 5.21 Å². The van der Waals surface area contributed by atoms with Gasteiger partial charge in [0.25, 0.3) is 0 Å². The lowest BCUT2D eigenvalue weighted by Gasteiger charge is -2.32. The number of carbonyl (C=O) groups is 2. The summed E-state index contributed by atoms with van der Waals surface area (Å²) in [4.78, 5) is 24.9. The molecule has 1 aliphatic rings. The molecular formula is C18H31N5O2. The van der Waals surface area contributed by atoms with Crippen LogP contribution in [0, 0.1) is 0 Å². The van der Waals surface area contributed by atoms with Gasteiger partial charge in [-0.25, -0.2) is 0 Å². The van der Waals surface area contributed by atoms with Crippen molar-refractivity contribution < 1.29 is 9.59 Å². The van der Waals surface area contributed by atoms with Crippen molar-refractivity contribution in [2.24, 2.45) is 0 Å². The van der Waals surface area contributed by atoms with E-state index in [1.165, 1.54) is 0 Å². The van der Waals surface area contributed by atoms with Crippen LogP contribution in [0.25, 0.3) is 0 Å². The van der Waals surface area contributed by atoms with E-state index in [1.54, 1.807) is 6.92 Å². The van der Waals surface area contributed by atoms with Crippen molar-refractivity contribution in [3.8, 4) is 0 Å². The number of nitrogens with zero attached hydrogens (tertiary/aromatic N) is 3. The average molecular weight is 349 g/mol. The van der Waals surface area contributed by atoms with Crippen molar-refractivity contribution in [1.29, 1.82) is 0 Å². The highest BCUT2D eigenvalue weighted by Crippen LogP contribution is 2.19. The third-order valence-corrected chi connectivity index (χ3v) is 5.59.